The Morgan fingerprint density at radius 1 is 1.06 bits per heavy atom. The van der Waals surface area contributed by atoms with Gasteiger partial charge in [0.25, 0.3) is 11.8 Å². The molecule has 1 atom stereocenters. The van der Waals surface area contributed by atoms with Gasteiger partial charge in [0.1, 0.15) is 5.67 Å². The summed E-state index contributed by atoms with van der Waals surface area (Å²) in [6.07, 6.45) is -4.35. The topological polar surface area (TPSA) is 87.3 Å². The first kappa shape index (κ1) is 20.8. The number of carbonyl (C=O) groups excluding carboxylic acids is 3. The fourth-order valence-electron chi connectivity index (χ4n) is 3.71. The van der Waals surface area contributed by atoms with Crippen LogP contribution in [0.3, 0.4) is 0 Å². The van der Waals surface area contributed by atoms with Crippen LogP contribution in [0.1, 0.15) is 33.0 Å². The lowest BCUT2D eigenvalue weighted by Gasteiger charge is -2.30. The summed E-state index contributed by atoms with van der Waals surface area (Å²) < 4.78 is 53.3. The average Bonchev–Trinajstić information content (AvgIpc) is 3.41. The van der Waals surface area contributed by atoms with Crippen LogP contribution in [0.25, 0.3) is 11.1 Å². The van der Waals surface area contributed by atoms with Gasteiger partial charge in [-0.3, -0.25) is 14.9 Å². The van der Waals surface area contributed by atoms with Gasteiger partial charge in [-0.25, -0.2) is 9.18 Å². The van der Waals surface area contributed by atoms with Gasteiger partial charge >= 0.3 is 12.2 Å². The van der Waals surface area contributed by atoms with Crippen molar-refractivity contribution in [1.82, 2.24) is 16.0 Å². The molecule has 4 amide bonds. The molecule has 1 unspecified atom stereocenters. The van der Waals surface area contributed by atoms with Gasteiger partial charge in [0.05, 0.1) is 12.1 Å². The molecule has 1 aliphatic carbocycles. The van der Waals surface area contributed by atoms with Crippen molar-refractivity contribution in [3.8, 4) is 11.1 Å². The normalized spacial score (nSPS) is 21.9. The summed E-state index contributed by atoms with van der Waals surface area (Å²) in [5.74, 6) is -1.51. The zero-order valence-electron chi connectivity index (χ0n) is 16.0. The van der Waals surface area contributed by atoms with Gasteiger partial charge in [-0.1, -0.05) is 30.3 Å². The van der Waals surface area contributed by atoms with E-state index in [4.69, 9.17) is 0 Å². The minimum absolute atomic E-state index is 0. The SMILES string of the molecule is O=C1NC(=O)C(CNC(=O)c2ccccc2-c2ccc(C(F)(F)F)cc2)(C2(F)CC2)N1.[HH].[HH].[HH]. The number of rotatable bonds is 5. The number of hydrogen-bond acceptors (Lipinski definition) is 3. The van der Waals surface area contributed by atoms with E-state index in [0.717, 1.165) is 12.1 Å². The number of benzene rings is 2. The number of imide groups is 1. The molecule has 1 saturated carbocycles. The minimum atomic E-state index is -4.48. The monoisotopic (exact) mass is 441 g/mol. The Morgan fingerprint density at radius 3 is 2.26 bits per heavy atom. The van der Waals surface area contributed by atoms with E-state index >= 15 is 0 Å². The highest BCUT2D eigenvalue weighted by Crippen LogP contribution is 2.49. The first-order valence-corrected chi connectivity index (χ1v) is 9.43. The molecule has 31 heavy (non-hydrogen) atoms. The molecule has 1 saturated heterocycles. The van der Waals surface area contributed by atoms with E-state index in [1.807, 2.05) is 5.32 Å². The van der Waals surface area contributed by atoms with Gasteiger partial charge in [0.15, 0.2) is 5.54 Å². The molecule has 1 heterocycles. The van der Waals surface area contributed by atoms with Crippen LogP contribution in [0.15, 0.2) is 48.5 Å². The lowest BCUT2D eigenvalue weighted by Crippen LogP contribution is -2.62. The summed E-state index contributed by atoms with van der Waals surface area (Å²) in [6, 6.07) is 9.71. The van der Waals surface area contributed by atoms with E-state index in [0.29, 0.717) is 11.1 Å². The number of nitrogens with one attached hydrogen (secondary N) is 3. The zero-order chi connectivity index (χ0) is 22.4. The number of alkyl halides is 4. The molecular formula is C21H23F4N3O3. The Hall–Kier alpha value is -3.43. The van der Waals surface area contributed by atoms with E-state index in [1.165, 1.54) is 18.2 Å². The standard InChI is InChI=1S/C21H17F4N3O3.3H2/c22-19(9-10-19)20(17(30)27-18(31)28-20)11-26-16(29)15-4-2-1-3-14(15)12-5-7-13(8-6-12)21(23,24)25;;;/h1-8H,9-11H2,(H,26,29)(H2,27,28,30,31);3*1H. The minimum Gasteiger partial charge on any atom is -0.349 e. The highest BCUT2D eigenvalue weighted by atomic mass is 19.4. The third kappa shape index (κ3) is 3.62. The van der Waals surface area contributed by atoms with Crippen LogP contribution >= 0.6 is 0 Å². The van der Waals surface area contributed by atoms with Crippen LogP contribution in [0.2, 0.25) is 0 Å². The molecule has 1 aliphatic heterocycles. The Labute approximate surface area is 178 Å². The summed E-state index contributed by atoms with van der Waals surface area (Å²) in [5.41, 5.74) is -3.80. The molecule has 0 bridgehead atoms. The molecule has 3 N–H and O–H groups in total. The lowest BCUT2D eigenvalue weighted by atomic mass is 9.90. The van der Waals surface area contributed by atoms with Crippen LogP contribution in [0.5, 0.6) is 0 Å². The Morgan fingerprint density at radius 2 is 1.71 bits per heavy atom. The molecule has 2 fully saturated rings. The van der Waals surface area contributed by atoms with Crippen molar-refractivity contribution in [2.45, 2.75) is 30.2 Å². The molecule has 2 aromatic rings. The van der Waals surface area contributed by atoms with Crippen LogP contribution in [-0.2, 0) is 11.0 Å². The van der Waals surface area contributed by atoms with E-state index in [1.54, 1.807) is 18.2 Å². The predicted octanol–water partition coefficient (Wildman–Crippen LogP) is 3.92. The summed E-state index contributed by atoms with van der Waals surface area (Å²) >= 11 is 0. The number of carbonyl (C=O) groups is 3. The van der Waals surface area contributed by atoms with Crippen LogP contribution in [0.4, 0.5) is 22.4 Å². The average molecular weight is 441 g/mol. The lowest BCUT2D eigenvalue weighted by molar-refractivity contribution is -0.137. The quantitative estimate of drug-likeness (QED) is 0.486. The molecule has 2 aromatic carbocycles. The molecule has 4 rings (SSSR count). The fraction of sp³-hybridized carbons (Fsp3) is 0.286. The molecular weight excluding hydrogens is 418 g/mol. The number of hydrogen-bond donors (Lipinski definition) is 3. The molecule has 2 aliphatic rings. The van der Waals surface area contributed by atoms with Crippen LogP contribution in [0, 0.1) is 0 Å². The van der Waals surface area contributed by atoms with E-state index in [2.05, 4.69) is 10.6 Å². The Balaban J connectivity index is 0.00000193. The van der Waals surface area contributed by atoms with E-state index in [-0.39, 0.29) is 22.7 Å². The zero-order valence-corrected chi connectivity index (χ0v) is 16.0. The number of urea groups is 1. The largest absolute Gasteiger partial charge is 0.416 e. The maximum atomic E-state index is 14.9. The van der Waals surface area contributed by atoms with Crippen molar-refractivity contribution in [2.24, 2.45) is 0 Å². The third-order valence-corrected chi connectivity index (χ3v) is 5.60. The second-order valence-electron chi connectivity index (χ2n) is 7.58. The Kier molecular flexibility index (Phi) is 4.75. The van der Waals surface area contributed by atoms with Gasteiger partial charge in [-0.2, -0.15) is 13.2 Å². The summed E-state index contributed by atoms with van der Waals surface area (Å²) in [6.45, 7) is -0.471. The van der Waals surface area contributed by atoms with Crippen molar-refractivity contribution in [2.75, 3.05) is 6.54 Å². The highest BCUT2D eigenvalue weighted by Gasteiger charge is 2.68. The molecule has 0 spiro atoms. The van der Waals surface area contributed by atoms with Crippen molar-refractivity contribution in [3.05, 3.63) is 59.7 Å². The molecule has 10 heteroatoms. The second kappa shape index (κ2) is 7.07. The maximum Gasteiger partial charge on any atom is 0.416 e. The van der Waals surface area contributed by atoms with Crippen molar-refractivity contribution < 1.29 is 36.2 Å². The maximum absolute atomic E-state index is 14.9. The number of halogens is 4. The molecule has 168 valence electrons. The smallest absolute Gasteiger partial charge is 0.349 e. The second-order valence-corrected chi connectivity index (χ2v) is 7.58. The molecule has 6 nitrogen and oxygen atoms in total. The van der Waals surface area contributed by atoms with Crippen LogP contribution in [-0.4, -0.2) is 35.6 Å². The van der Waals surface area contributed by atoms with Gasteiger partial charge in [-0.15, -0.1) is 0 Å². The molecule has 0 radical (unpaired) electrons. The van der Waals surface area contributed by atoms with Crippen molar-refractivity contribution in [3.63, 3.8) is 0 Å². The third-order valence-electron chi connectivity index (χ3n) is 5.60. The summed E-state index contributed by atoms with van der Waals surface area (Å²) in [4.78, 5) is 36.7. The van der Waals surface area contributed by atoms with Crippen molar-refractivity contribution >= 4 is 17.8 Å². The summed E-state index contributed by atoms with van der Waals surface area (Å²) in [5, 5.41) is 6.79. The van der Waals surface area contributed by atoms with Crippen LogP contribution < -0.4 is 16.0 Å². The van der Waals surface area contributed by atoms with Crippen molar-refractivity contribution in [1.29, 1.82) is 0 Å². The number of amides is 4. The van der Waals surface area contributed by atoms with E-state index < -0.39 is 47.3 Å². The highest BCUT2D eigenvalue weighted by molar-refractivity contribution is 6.09. The first-order chi connectivity index (χ1) is 14.6. The van der Waals surface area contributed by atoms with E-state index in [9.17, 15) is 31.9 Å². The van der Waals surface area contributed by atoms with Gasteiger partial charge in [0.2, 0.25) is 0 Å². The van der Waals surface area contributed by atoms with Gasteiger partial charge in [-0.05, 0) is 42.2 Å². The summed E-state index contributed by atoms with van der Waals surface area (Å²) in [7, 11) is 0. The van der Waals surface area contributed by atoms with Gasteiger partial charge in [0, 0.05) is 9.84 Å². The fourth-order valence-corrected chi connectivity index (χ4v) is 3.71. The van der Waals surface area contributed by atoms with Gasteiger partial charge < -0.3 is 10.6 Å². The predicted molar refractivity (Wildman–Crippen MR) is 108 cm³/mol. The first-order valence-electron chi connectivity index (χ1n) is 9.43. The Bertz CT molecular complexity index is 1080. The molecule has 0 aromatic heterocycles.